The molecular weight excluding hydrogens is 368 g/mol. The Morgan fingerprint density at radius 3 is 2.55 bits per heavy atom. The SMILES string of the molecule is Cc1noc([C@H]2CN(C(=O)Cc3noc4ccccc34)C[C@H]2c2ccccc2)n1. The minimum atomic E-state index is -0.0309. The molecule has 146 valence electrons. The van der Waals surface area contributed by atoms with E-state index in [2.05, 4.69) is 27.4 Å². The fourth-order valence-electron chi connectivity index (χ4n) is 4.08. The largest absolute Gasteiger partial charge is 0.356 e. The van der Waals surface area contributed by atoms with Crippen molar-refractivity contribution in [2.75, 3.05) is 13.1 Å². The topological polar surface area (TPSA) is 85.3 Å². The van der Waals surface area contributed by atoms with Crippen molar-refractivity contribution in [3.8, 4) is 0 Å². The van der Waals surface area contributed by atoms with Crippen molar-refractivity contribution in [1.82, 2.24) is 20.2 Å². The maximum absolute atomic E-state index is 13.1. The summed E-state index contributed by atoms with van der Waals surface area (Å²) in [5, 5.41) is 8.92. The summed E-state index contributed by atoms with van der Waals surface area (Å²) < 4.78 is 10.8. The number of nitrogens with zero attached hydrogens (tertiary/aromatic N) is 4. The van der Waals surface area contributed by atoms with Gasteiger partial charge in [0.15, 0.2) is 11.4 Å². The van der Waals surface area contributed by atoms with Gasteiger partial charge in [0.05, 0.1) is 12.3 Å². The molecule has 0 N–H and O–H groups in total. The van der Waals surface area contributed by atoms with Crippen LogP contribution in [0.1, 0.15) is 34.8 Å². The first-order valence-corrected chi connectivity index (χ1v) is 9.65. The van der Waals surface area contributed by atoms with Gasteiger partial charge in [-0.3, -0.25) is 4.79 Å². The lowest BCUT2D eigenvalue weighted by Gasteiger charge is -2.16. The molecule has 0 saturated carbocycles. The fourth-order valence-corrected chi connectivity index (χ4v) is 4.08. The Morgan fingerprint density at radius 2 is 1.76 bits per heavy atom. The maximum atomic E-state index is 13.1. The van der Waals surface area contributed by atoms with Gasteiger partial charge in [-0.1, -0.05) is 52.8 Å². The fraction of sp³-hybridized carbons (Fsp3) is 0.273. The summed E-state index contributed by atoms with van der Waals surface area (Å²) in [6, 6.07) is 17.8. The third kappa shape index (κ3) is 3.29. The molecule has 1 amide bonds. The van der Waals surface area contributed by atoms with E-state index in [0.29, 0.717) is 36.1 Å². The summed E-state index contributed by atoms with van der Waals surface area (Å²) in [6.45, 7) is 2.94. The minimum absolute atomic E-state index is 0.0173. The van der Waals surface area contributed by atoms with Crippen molar-refractivity contribution >= 4 is 16.9 Å². The van der Waals surface area contributed by atoms with Gasteiger partial charge in [-0.25, -0.2) is 0 Å². The average Bonchev–Trinajstić information content (AvgIpc) is 3.47. The number of fused-ring (bicyclic) bond motifs is 1. The number of para-hydroxylation sites is 1. The van der Waals surface area contributed by atoms with Gasteiger partial charge >= 0.3 is 0 Å². The first-order valence-electron chi connectivity index (χ1n) is 9.65. The number of aromatic nitrogens is 3. The van der Waals surface area contributed by atoms with Crippen molar-refractivity contribution in [2.24, 2.45) is 0 Å². The maximum Gasteiger partial charge on any atom is 0.232 e. The number of carbonyl (C=O) groups is 1. The molecule has 2 aromatic carbocycles. The first kappa shape index (κ1) is 17.6. The van der Waals surface area contributed by atoms with Crippen molar-refractivity contribution in [3.05, 3.63) is 77.6 Å². The monoisotopic (exact) mass is 388 g/mol. The second kappa shape index (κ2) is 7.16. The van der Waals surface area contributed by atoms with Crippen LogP contribution in [0, 0.1) is 6.92 Å². The quantitative estimate of drug-likeness (QED) is 0.532. The number of rotatable bonds is 4. The molecule has 1 fully saturated rings. The van der Waals surface area contributed by atoms with E-state index in [1.54, 1.807) is 6.92 Å². The zero-order valence-corrected chi connectivity index (χ0v) is 16.0. The number of aryl methyl sites for hydroxylation is 1. The normalized spacial score (nSPS) is 19.1. The molecule has 0 aliphatic carbocycles. The summed E-state index contributed by atoms with van der Waals surface area (Å²) >= 11 is 0. The molecule has 2 atom stereocenters. The third-order valence-electron chi connectivity index (χ3n) is 5.53. The summed E-state index contributed by atoms with van der Waals surface area (Å²) in [7, 11) is 0. The highest BCUT2D eigenvalue weighted by Crippen LogP contribution is 2.39. The number of hydrogen-bond acceptors (Lipinski definition) is 6. The highest BCUT2D eigenvalue weighted by atomic mass is 16.5. The van der Waals surface area contributed by atoms with Crippen LogP contribution in [0.3, 0.4) is 0 Å². The Balaban J connectivity index is 1.41. The standard InChI is InChI=1S/C22H20N4O3/c1-14-23-22(29-24-14)18-13-26(12-17(18)15-7-3-2-4-8-15)21(27)11-19-16-9-5-6-10-20(16)28-25-19/h2-10,17-18H,11-13H2,1H3/t17-,18-/m0/s1. The van der Waals surface area contributed by atoms with E-state index in [4.69, 9.17) is 9.05 Å². The van der Waals surface area contributed by atoms with E-state index >= 15 is 0 Å². The van der Waals surface area contributed by atoms with E-state index in [-0.39, 0.29) is 24.2 Å². The molecule has 0 unspecified atom stereocenters. The molecule has 29 heavy (non-hydrogen) atoms. The summed E-state index contributed by atoms with van der Waals surface area (Å²) in [6.07, 6.45) is 0.202. The van der Waals surface area contributed by atoms with Crippen LogP contribution in [0.4, 0.5) is 0 Å². The van der Waals surface area contributed by atoms with Crippen LogP contribution in [-0.4, -0.2) is 39.2 Å². The van der Waals surface area contributed by atoms with Gasteiger partial charge in [0.25, 0.3) is 0 Å². The van der Waals surface area contributed by atoms with Crippen LogP contribution in [0.25, 0.3) is 11.0 Å². The van der Waals surface area contributed by atoms with Gasteiger partial charge in [0, 0.05) is 24.4 Å². The second-order valence-electron chi connectivity index (χ2n) is 7.40. The van der Waals surface area contributed by atoms with Gasteiger partial charge < -0.3 is 13.9 Å². The molecule has 2 aromatic heterocycles. The van der Waals surface area contributed by atoms with E-state index < -0.39 is 0 Å². The van der Waals surface area contributed by atoms with Gasteiger partial charge in [-0.15, -0.1) is 0 Å². The molecule has 0 spiro atoms. The molecule has 5 rings (SSSR count). The van der Waals surface area contributed by atoms with Gasteiger partial charge in [-0.05, 0) is 24.6 Å². The van der Waals surface area contributed by atoms with Crippen LogP contribution in [0.2, 0.25) is 0 Å². The summed E-state index contributed by atoms with van der Waals surface area (Å²) in [5.41, 5.74) is 2.52. The van der Waals surface area contributed by atoms with Crippen molar-refractivity contribution in [3.63, 3.8) is 0 Å². The molecule has 0 bridgehead atoms. The molecule has 1 saturated heterocycles. The first-order chi connectivity index (χ1) is 14.2. The molecule has 0 radical (unpaired) electrons. The molecule has 7 nitrogen and oxygen atoms in total. The average molecular weight is 388 g/mol. The Labute approximate surface area is 167 Å². The third-order valence-corrected chi connectivity index (χ3v) is 5.53. The highest BCUT2D eigenvalue weighted by molar-refractivity contribution is 5.86. The smallest absolute Gasteiger partial charge is 0.232 e. The van der Waals surface area contributed by atoms with Gasteiger partial charge in [0.2, 0.25) is 11.8 Å². The molecule has 4 aromatic rings. The lowest BCUT2D eigenvalue weighted by Crippen LogP contribution is -2.30. The zero-order valence-electron chi connectivity index (χ0n) is 16.0. The Hall–Kier alpha value is -3.48. The number of likely N-dealkylation sites (tertiary alicyclic amines) is 1. The van der Waals surface area contributed by atoms with Crippen molar-refractivity contribution < 1.29 is 13.8 Å². The highest BCUT2D eigenvalue weighted by Gasteiger charge is 2.40. The summed E-state index contributed by atoms with van der Waals surface area (Å²) in [4.78, 5) is 19.4. The van der Waals surface area contributed by atoms with Crippen LogP contribution in [0.15, 0.2) is 63.6 Å². The van der Waals surface area contributed by atoms with Crippen molar-refractivity contribution in [1.29, 1.82) is 0 Å². The zero-order chi connectivity index (χ0) is 19.8. The van der Waals surface area contributed by atoms with E-state index in [0.717, 1.165) is 10.9 Å². The van der Waals surface area contributed by atoms with E-state index in [1.165, 1.54) is 0 Å². The van der Waals surface area contributed by atoms with Crippen LogP contribution < -0.4 is 0 Å². The molecule has 7 heteroatoms. The molecule has 1 aliphatic rings. The van der Waals surface area contributed by atoms with Crippen LogP contribution >= 0.6 is 0 Å². The Morgan fingerprint density at radius 1 is 1.00 bits per heavy atom. The minimum Gasteiger partial charge on any atom is -0.356 e. The van der Waals surface area contributed by atoms with Crippen molar-refractivity contribution in [2.45, 2.75) is 25.2 Å². The van der Waals surface area contributed by atoms with E-state index in [1.807, 2.05) is 47.4 Å². The van der Waals surface area contributed by atoms with Crippen LogP contribution in [-0.2, 0) is 11.2 Å². The number of benzene rings is 2. The lowest BCUT2D eigenvalue weighted by molar-refractivity contribution is -0.129. The predicted molar refractivity (Wildman–Crippen MR) is 105 cm³/mol. The molecule has 3 heterocycles. The lowest BCUT2D eigenvalue weighted by atomic mass is 9.89. The second-order valence-corrected chi connectivity index (χ2v) is 7.40. The number of hydrogen-bond donors (Lipinski definition) is 0. The van der Waals surface area contributed by atoms with E-state index in [9.17, 15) is 4.79 Å². The Bertz CT molecular complexity index is 1150. The molecular formula is C22H20N4O3. The van der Waals surface area contributed by atoms with Crippen LogP contribution in [0.5, 0.6) is 0 Å². The predicted octanol–water partition coefficient (Wildman–Crippen LogP) is 3.47. The number of amides is 1. The number of carbonyl (C=O) groups excluding carboxylic acids is 1. The summed E-state index contributed by atoms with van der Waals surface area (Å²) in [5.74, 6) is 1.28. The van der Waals surface area contributed by atoms with Gasteiger partial charge in [-0.2, -0.15) is 4.98 Å². The van der Waals surface area contributed by atoms with Gasteiger partial charge in [0.1, 0.15) is 5.69 Å². The Kier molecular flexibility index (Phi) is 4.35. The molecule has 1 aliphatic heterocycles.